The van der Waals surface area contributed by atoms with E-state index in [9.17, 15) is 17.2 Å². The quantitative estimate of drug-likeness (QED) is 0.902. The van der Waals surface area contributed by atoms with Gasteiger partial charge in [-0.05, 0) is 18.2 Å². The summed E-state index contributed by atoms with van der Waals surface area (Å²) in [6.45, 7) is 0. The smallest absolute Gasteiger partial charge is 0.263 e. The minimum Gasteiger partial charge on any atom is -0.372 e. The predicted octanol–water partition coefficient (Wildman–Crippen LogP) is 2.86. The number of rotatable bonds is 4. The predicted molar refractivity (Wildman–Crippen MR) is 76.0 cm³/mol. The van der Waals surface area contributed by atoms with Gasteiger partial charge in [0.1, 0.15) is 10.7 Å². The van der Waals surface area contributed by atoms with Crippen LogP contribution in [0.2, 0.25) is 5.02 Å². The van der Waals surface area contributed by atoms with Crippen LogP contribution in [0, 0.1) is 11.6 Å². The zero-order valence-electron chi connectivity index (χ0n) is 10.7. The number of aromatic nitrogens is 1. The van der Waals surface area contributed by atoms with Crippen LogP contribution in [0.5, 0.6) is 0 Å². The summed E-state index contributed by atoms with van der Waals surface area (Å²) < 4.78 is 52.2. The fourth-order valence-corrected chi connectivity index (χ4v) is 2.87. The molecule has 1 aromatic heterocycles. The summed E-state index contributed by atoms with van der Waals surface area (Å²) in [6, 6.07) is 3.86. The maximum absolute atomic E-state index is 13.1. The van der Waals surface area contributed by atoms with Gasteiger partial charge >= 0.3 is 0 Å². The van der Waals surface area contributed by atoms with E-state index in [4.69, 9.17) is 11.6 Å². The Morgan fingerprint density at radius 1 is 1.19 bits per heavy atom. The number of pyridine rings is 1. The number of halogens is 3. The van der Waals surface area contributed by atoms with Crippen LogP contribution < -0.4 is 10.0 Å². The van der Waals surface area contributed by atoms with Gasteiger partial charge in [0.25, 0.3) is 10.0 Å². The van der Waals surface area contributed by atoms with Crippen LogP contribution in [0.3, 0.4) is 0 Å². The second-order valence-electron chi connectivity index (χ2n) is 3.99. The zero-order valence-corrected chi connectivity index (χ0v) is 12.3. The van der Waals surface area contributed by atoms with Crippen molar-refractivity contribution in [1.29, 1.82) is 0 Å². The first-order valence-corrected chi connectivity index (χ1v) is 7.51. The number of hydrogen-bond acceptors (Lipinski definition) is 4. The Hall–Kier alpha value is -1.93. The van der Waals surface area contributed by atoms with Gasteiger partial charge in [0, 0.05) is 19.3 Å². The third kappa shape index (κ3) is 3.40. The number of anilines is 2. The SMILES string of the molecule is CNc1ncc(S(=O)(=O)Nc2ccc(F)c(F)c2)cc1Cl. The minimum atomic E-state index is -4.00. The van der Waals surface area contributed by atoms with Crippen molar-refractivity contribution in [2.45, 2.75) is 4.90 Å². The first kappa shape index (κ1) is 15.5. The molecule has 0 amide bonds. The van der Waals surface area contributed by atoms with E-state index in [1.807, 2.05) is 0 Å². The Kier molecular flexibility index (Phi) is 4.29. The second kappa shape index (κ2) is 5.82. The Morgan fingerprint density at radius 2 is 1.90 bits per heavy atom. The Balaban J connectivity index is 2.33. The van der Waals surface area contributed by atoms with Crippen molar-refractivity contribution < 1.29 is 17.2 Å². The van der Waals surface area contributed by atoms with Crippen molar-refractivity contribution in [3.63, 3.8) is 0 Å². The van der Waals surface area contributed by atoms with E-state index in [1.165, 1.54) is 6.07 Å². The molecule has 0 aliphatic carbocycles. The van der Waals surface area contributed by atoms with Gasteiger partial charge in [-0.3, -0.25) is 4.72 Å². The molecule has 0 fully saturated rings. The Labute approximate surface area is 125 Å². The third-order valence-electron chi connectivity index (χ3n) is 2.54. The van der Waals surface area contributed by atoms with E-state index in [-0.39, 0.29) is 15.6 Å². The van der Waals surface area contributed by atoms with E-state index in [0.29, 0.717) is 5.82 Å². The standard InChI is InChI=1S/C12H10ClF2N3O2S/c1-16-12-9(13)5-8(6-17-12)21(19,20)18-7-2-3-10(14)11(15)4-7/h2-6,18H,1H3,(H,16,17). The van der Waals surface area contributed by atoms with Gasteiger partial charge < -0.3 is 5.32 Å². The molecule has 0 spiro atoms. The number of hydrogen-bond donors (Lipinski definition) is 2. The van der Waals surface area contributed by atoms with E-state index in [2.05, 4.69) is 15.0 Å². The average molecular weight is 334 g/mol. The molecule has 0 saturated carbocycles. The fourth-order valence-electron chi connectivity index (χ4n) is 1.52. The van der Waals surface area contributed by atoms with Gasteiger partial charge in [0.2, 0.25) is 0 Å². The molecule has 5 nitrogen and oxygen atoms in total. The molecule has 9 heteroatoms. The molecule has 0 bridgehead atoms. The lowest BCUT2D eigenvalue weighted by Gasteiger charge is -2.09. The van der Waals surface area contributed by atoms with E-state index >= 15 is 0 Å². The number of benzene rings is 1. The van der Waals surface area contributed by atoms with Gasteiger partial charge in [-0.2, -0.15) is 0 Å². The molecular formula is C12H10ClF2N3O2S. The molecule has 0 atom stereocenters. The summed E-state index contributed by atoms with van der Waals surface area (Å²) in [5.41, 5.74) is -0.109. The van der Waals surface area contributed by atoms with Crippen LogP contribution >= 0.6 is 11.6 Å². The maximum Gasteiger partial charge on any atom is 0.263 e. The molecule has 0 aliphatic heterocycles. The highest BCUT2D eigenvalue weighted by atomic mass is 35.5. The van der Waals surface area contributed by atoms with Crippen molar-refractivity contribution in [3.05, 3.63) is 47.1 Å². The van der Waals surface area contributed by atoms with Crippen LogP contribution in [0.25, 0.3) is 0 Å². The van der Waals surface area contributed by atoms with Gasteiger partial charge in [0.15, 0.2) is 11.6 Å². The minimum absolute atomic E-state index is 0.109. The molecule has 0 saturated heterocycles. The average Bonchev–Trinajstić information content (AvgIpc) is 2.42. The number of nitrogens with one attached hydrogen (secondary N) is 2. The summed E-state index contributed by atoms with van der Waals surface area (Å²) in [5.74, 6) is -1.90. The molecule has 2 rings (SSSR count). The first-order chi connectivity index (χ1) is 9.83. The number of sulfonamides is 1. The van der Waals surface area contributed by atoms with Gasteiger partial charge in [-0.1, -0.05) is 11.6 Å². The summed E-state index contributed by atoms with van der Waals surface area (Å²) in [7, 11) is -2.42. The molecule has 0 unspecified atom stereocenters. The molecule has 0 aliphatic rings. The molecule has 1 heterocycles. The van der Waals surface area contributed by atoms with Gasteiger partial charge in [0.05, 0.1) is 10.7 Å². The monoisotopic (exact) mass is 333 g/mol. The van der Waals surface area contributed by atoms with Gasteiger partial charge in [-0.15, -0.1) is 0 Å². The molecule has 1 aromatic carbocycles. The van der Waals surface area contributed by atoms with Crippen molar-refractivity contribution in [2.24, 2.45) is 0 Å². The number of nitrogens with zero attached hydrogens (tertiary/aromatic N) is 1. The lowest BCUT2D eigenvalue weighted by molar-refractivity contribution is 0.509. The van der Waals surface area contributed by atoms with E-state index in [1.54, 1.807) is 7.05 Å². The van der Waals surface area contributed by atoms with E-state index < -0.39 is 21.7 Å². The highest BCUT2D eigenvalue weighted by Crippen LogP contribution is 2.24. The second-order valence-corrected chi connectivity index (χ2v) is 6.08. The van der Waals surface area contributed by atoms with Crippen LogP contribution in [0.4, 0.5) is 20.3 Å². The summed E-state index contributed by atoms with van der Waals surface area (Å²) in [5, 5.41) is 2.80. The van der Waals surface area contributed by atoms with Crippen LogP contribution in [0.15, 0.2) is 35.4 Å². The topological polar surface area (TPSA) is 71.1 Å². The van der Waals surface area contributed by atoms with Crippen LogP contribution in [-0.4, -0.2) is 20.4 Å². The van der Waals surface area contributed by atoms with Crippen molar-refractivity contribution in [3.8, 4) is 0 Å². The highest BCUT2D eigenvalue weighted by Gasteiger charge is 2.17. The normalized spacial score (nSPS) is 11.2. The third-order valence-corrected chi connectivity index (χ3v) is 4.17. The maximum atomic E-state index is 13.1. The largest absolute Gasteiger partial charge is 0.372 e. The van der Waals surface area contributed by atoms with Crippen LogP contribution in [-0.2, 0) is 10.0 Å². The van der Waals surface area contributed by atoms with Crippen molar-refractivity contribution >= 4 is 33.1 Å². The Bertz CT molecular complexity index is 784. The molecule has 112 valence electrons. The first-order valence-electron chi connectivity index (χ1n) is 5.64. The summed E-state index contributed by atoms with van der Waals surface area (Å²) in [6.07, 6.45) is 1.10. The van der Waals surface area contributed by atoms with E-state index in [0.717, 1.165) is 24.4 Å². The summed E-state index contributed by atoms with van der Waals surface area (Å²) in [4.78, 5) is 3.64. The highest BCUT2D eigenvalue weighted by molar-refractivity contribution is 7.92. The lowest BCUT2D eigenvalue weighted by atomic mass is 10.3. The fraction of sp³-hybridized carbons (Fsp3) is 0.0833. The molecule has 0 radical (unpaired) electrons. The van der Waals surface area contributed by atoms with Crippen molar-refractivity contribution in [2.75, 3.05) is 17.1 Å². The van der Waals surface area contributed by atoms with Crippen LogP contribution in [0.1, 0.15) is 0 Å². The molecule has 21 heavy (non-hydrogen) atoms. The summed E-state index contributed by atoms with van der Waals surface area (Å²) >= 11 is 5.86. The zero-order chi connectivity index (χ0) is 15.6. The molecule has 2 aromatic rings. The molecule has 2 N–H and O–H groups in total. The van der Waals surface area contributed by atoms with Crippen molar-refractivity contribution in [1.82, 2.24) is 4.98 Å². The Morgan fingerprint density at radius 3 is 2.48 bits per heavy atom. The lowest BCUT2D eigenvalue weighted by Crippen LogP contribution is -2.14. The molecular weight excluding hydrogens is 324 g/mol. The van der Waals surface area contributed by atoms with Gasteiger partial charge in [-0.25, -0.2) is 22.2 Å².